The Morgan fingerprint density at radius 2 is 1.95 bits per heavy atom. The van der Waals surface area contributed by atoms with Crippen LogP contribution in [-0.2, 0) is 10.0 Å². The number of hydrogen-bond acceptors (Lipinski definition) is 6. The predicted octanol–water partition coefficient (Wildman–Crippen LogP) is 2.75. The number of nitrogens with one attached hydrogen (secondary N) is 2. The molecule has 0 unspecified atom stereocenters. The number of nitrogens with zero attached hydrogens (tertiary/aromatic N) is 1. The Hall–Kier alpha value is -1.48. The van der Waals surface area contributed by atoms with Gasteiger partial charge >= 0.3 is 0 Å². The number of sulfonamides is 1. The summed E-state index contributed by atoms with van der Waals surface area (Å²) in [5.74, 6) is 0. The third-order valence-electron chi connectivity index (χ3n) is 2.75. The normalized spacial score (nSPS) is 11.8. The Morgan fingerprint density at radius 3 is 2.71 bits per heavy atom. The molecule has 0 aliphatic carbocycles. The van der Waals surface area contributed by atoms with Crippen LogP contribution in [0.1, 0.15) is 0 Å². The first kappa shape index (κ1) is 14.5. The largest absolute Gasteiger partial charge is 0.360 e. The summed E-state index contributed by atoms with van der Waals surface area (Å²) < 4.78 is 27.8. The van der Waals surface area contributed by atoms with Gasteiger partial charge in [-0.15, -0.1) is 11.3 Å². The lowest BCUT2D eigenvalue weighted by molar-refractivity contribution is 0.585. The number of anilines is 1. The molecule has 1 aromatic carbocycles. The van der Waals surface area contributed by atoms with Crippen LogP contribution in [-0.4, -0.2) is 26.5 Å². The SMILES string of the molecule is O=S(=O)(NCCNc1nc2ccccc2s1)c1cccs1. The van der Waals surface area contributed by atoms with Gasteiger partial charge in [-0.1, -0.05) is 29.5 Å². The summed E-state index contributed by atoms with van der Waals surface area (Å²) in [6.45, 7) is 0.806. The molecule has 0 saturated carbocycles. The van der Waals surface area contributed by atoms with Gasteiger partial charge in [0.2, 0.25) is 10.0 Å². The van der Waals surface area contributed by atoms with E-state index in [4.69, 9.17) is 0 Å². The van der Waals surface area contributed by atoms with Crippen molar-refractivity contribution in [3.8, 4) is 0 Å². The van der Waals surface area contributed by atoms with Crippen molar-refractivity contribution < 1.29 is 8.42 Å². The molecule has 5 nitrogen and oxygen atoms in total. The van der Waals surface area contributed by atoms with Crippen molar-refractivity contribution in [1.82, 2.24) is 9.71 Å². The molecule has 2 N–H and O–H groups in total. The van der Waals surface area contributed by atoms with E-state index in [-0.39, 0.29) is 0 Å². The molecule has 0 saturated heterocycles. The number of rotatable bonds is 6. The van der Waals surface area contributed by atoms with Crippen LogP contribution in [0, 0.1) is 0 Å². The second-order valence-corrected chi connectivity index (χ2v) is 8.22. The Kier molecular flexibility index (Phi) is 4.20. The van der Waals surface area contributed by atoms with Gasteiger partial charge in [0, 0.05) is 13.1 Å². The molecule has 0 fully saturated rings. The van der Waals surface area contributed by atoms with Gasteiger partial charge in [0.15, 0.2) is 5.13 Å². The first-order valence-corrected chi connectivity index (χ1v) is 9.46. The van der Waals surface area contributed by atoms with Gasteiger partial charge in [0.1, 0.15) is 4.21 Å². The smallest absolute Gasteiger partial charge is 0.250 e. The predicted molar refractivity (Wildman–Crippen MR) is 87.6 cm³/mol. The minimum atomic E-state index is -3.38. The third kappa shape index (κ3) is 3.41. The zero-order chi connectivity index (χ0) is 14.7. The molecule has 3 rings (SSSR count). The molecular formula is C13H13N3O2S3. The number of para-hydroxylation sites is 1. The molecule has 3 aromatic rings. The van der Waals surface area contributed by atoms with Crippen molar-refractivity contribution >= 4 is 48.0 Å². The minimum Gasteiger partial charge on any atom is -0.360 e. The summed E-state index contributed by atoms with van der Waals surface area (Å²) in [5, 5.41) is 5.68. The molecule has 8 heteroatoms. The highest BCUT2D eigenvalue weighted by Crippen LogP contribution is 2.25. The molecule has 0 aliphatic rings. The number of aromatic nitrogens is 1. The molecule has 110 valence electrons. The number of thiazole rings is 1. The molecule has 2 heterocycles. The van der Waals surface area contributed by atoms with Crippen LogP contribution in [0.4, 0.5) is 5.13 Å². The molecular weight excluding hydrogens is 326 g/mol. The van der Waals surface area contributed by atoms with Crippen LogP contribution >= 0.6 is 22.7 Å². The molecule has 0 amide bonds. The summed E-state index contributed by atoms with van der Waals surface area (Å²) in [6, 6.07) is 11.2. The Bertz CT molecular complexity index is 792. The summed E-state index contributed by atoms with van der Waals surface area (Å²) in [4.78, 5) is 4.43. The van der Waals surface area contributed by atoms with E-state index in [2.05, 4.69) is 15.0 Å². The van der Waals surface area contributed by atoms with Gasteiger partial charge in [-0.2, -0.15) is 0 Å². The molecule has 0 radical (unpaired) electrons. The lowest BCUT2D eigenvalue weighted by atomic mass is 10.3. The first-order valence-electron chi connectivity index (χ1n) is 6.28. The fourth-order valence-electron chi connectivity index (χ4n) is 1.79. The van der Waals surface area contributed by atoms with E-state index in [0.29, 0.717) is 17.3 Å². The second kappa shape index (κ2) is 6.10. The van der Waals surface area contributed by atoms with Gasteiger partial charge in [0.05, 0.1) is 10.2 Å². The van der Waals surface area contributed by atoms with Crippen molar-refractivity contribution in [3.05, 3.63) is 41.8 Å². The van der Waals surface area contributed by atoms with Gasteiger partial charge < -0.3 is 5.32 Å². The van der Waals surface area contributed by atoms with E-state index < -0.39 is 10.0 Å². The van der Waals surface area contributed by atoms with Crippen LogP contribution in [0.5, 0.6) is 0 Å². The fourth-order valence-corrected chi connectivity index (χ4v) is 4.75. The molecule has 21 heavy (non-hydrogen) atoms. The maximum atomic E-state index is 11.9. The van der Waals surface area contributed by atoms with Gasteiger partial charge in [-0.3, -0.25) is 0 Å². The number of thiophene rings is 1. The average molecular weight is 339 g/mol. The maximum Gasteiger partial charge on any atom is 0.250 e. The summed E-state index contributed by atoms with van der Waals surface area (Å²) in [5.41, 5.74) is 0.948. The van der Waals surface area contributed by atoms with E-state index in [0.717, 1.165) is 15.3 Å². The summed E-state index contributed by atoms with van der Waals surface area (Å²) in [6.07, 6.45) is 0. The Morgan fingerprint density at radius 1 is 1.10 bits per heavy atom. The summed E-state index contributed by atoms with van der Waals surface area (Å²) >= 11 is 2.76. The third-order valence-corrected chi connectivity index (χ3v) is 6.60. The lowest BCUT2D eigenvalue weighted by Crippen LogP contribution is -2.28. The zero-order valence-corrected chi connectivity index (χ0v) is 13.4. The number of hydrogen-bond donors (Lipinski definition) is 2. The Labute approximate surface area is 130 Å². The lowest BCUT2D eigenvalue weighted by Gasteiger charge is -2.05. The zero-order valence-electron chi connectivity index (χ0n) is 10.9. The van der Waals surface area contributed by atoms with Crippen molar-refractivity contribution in [3.63, 3.8) is 0 Å². The highest BCUT2D eigenvalue weighted by molar-refractivity contribution is 7.91. The molecule has 0 aliphatic heterocycles. The highest BCUT2D eigenvalue weighted by atomic mass is 32.2. The molecule has 2 aromatic heterocycles. The average Bonchev–Trinajstić information content (AvgIpc) is 3.12. The van der Waals surface area contributed by atoms with Crippen molar-refractivity contribution in [2.45, 2.75) is 4.21 Å². The van der Waals surface area contributed by atoms with Gasteiger partial charge in [-0.25, -0.2) is 18.1 Å². The van der Waals surface area contributed by atoms with Crippen molar-refractivity contribution in [2.24, 2.45) is 0 Å². The fraction of sp³-hybridized carbons (Fsp3) is 0.154. The topological polar surface area (TPSA) is 71.1 Å². The van der Waals surface area contributed by atoms with E-state index in [9.17, 15) is 8.42 Å². The molecule has 0 bridgehead atoms. The molecule has 0 atom stereocenters. The molecule has 0 spiro atoms. The van der Waals surface area contributed by atoms with E-state index in [1.54, 1.807) is 28.8 Å². The maximum absolute atomic E-state index is 11.9. The van der Waals surface area contributed by atoms with Crippen LogP contribution in [0.3, 0.4) is 0 Å². The second-order valence-electron chi connectivity index (χ2n) is 4.24. The van der Waals surface area contributed by atoms with E-state index >= 15 is 0 Å². The monoisotopic (exact) mass is 339 g/mol. The first-order chi connectivity index (χ1) is 10.1. The van der Waals surface area contributed by atoms with Gasteiger partial charge in [0.25, 0.3) is 0 Å². The van der Waals surface area contributed by atoms with Crippen molar-refractivity contribution in [1.29, 1.82) is 0 Å². The Balaban J connectivity index is 1.54. The van der Waals surface area contributed by atoms with E-state index in [1.165, 1.54) is 11.3 Å². The van der Waals surface area contributed by atoms with Crippen molar-refractivity contribution in [2.75, 3.05) is 18.4 Å². The van der Waals surface area contributed by atoms with Crippen LogP contribution in [0.15, 0.2) is 46.0 Å². The quantitative estimate of drug-likeness (QED) is 0.678. The number of fused-ring (bicyclic) bond motifs is 1. The minimum absolute atomic E-state index is 0.316. The number of benzene rings is 1. The van der Waals surface area contributed by atoms with Crippen LogP contribution in [0.25, 0.3) is 10.2 Å². The van der Waals surface area contributed by atoms with Gasteiger partial charge in [-0.05, 0) is 23.6 Å². The summed E-state index contributed by atoms with van der Waals surface area (Å²) in [7, 11) is -3.38. The van der Waals surface area contributed by atoms with Crippen LogP contribution < -0.4 is 10.0 Å². The van der Waals surface area contributed by atoms with E-state index in [1.807, 2.05) is 24.3 Å². The standard InChI is InChI=1S/C13H13N3O2S3/c17-21(18,12-6-3-9-19-12)15-8-7-14-13-16-10-4-1-2-5-11(10)20-13/h1-6,9,15H,7-8H2,(H,14,16). The van der Waals surface area contributed by atoms with Crippen LogP contribution in [0.2, 0.25) is 0 Å². The highest BCUT2D eigenvalue weighted by Gasteiger charge is 2.13.